The molecule has 0 heterocycles. The molecule has 1 nitrogen and oxygen atoms in total. The van der Waals surface area contributed by atoms with E-state index in [1.807, 2.05) is 0 Å². The van der Waals surface area contributed by atoms with Crippen LogP contribution in [0.25, 0.3) is 0 Å². The maximum absolute atomic E-state index is 13.5. The van der Waals surface area contributed by atoms with Gasteiger partial charge in [-0.05, 0) is 36.4 Å². The Labute approximate surface area is 117 Å². The number of benzene rings is 2. The van der Waals surface area contributed by atoms with Crippen LogP contribution in [-0.4, -0.2) is 0 Å². The first kappa shape index (κ1) is 13.3. The molecule has 0 fully saturated rings. The second-order valence-corrected chi connectivity index (χ2v) is 4.60. The molecule has 92 valence electrons. The van der Waals surface area contributed by atoms with Crippen molar-refractivity contribution in [2.24, 2.45) is 0 Å². The van der Waals surface area contributed by atoms with Gasteiger partial charge in [0.1, 0.15) is 17.7 Å². The van der Waals surface area contributed by atoms with E-state index >= 15 is 0 Å². The van der Waals surface area contributed by atoms with Gasteiger partial charge in [-0.15, -0.1) is 0 Å². The highest BCUT2D eigenvalue weighted by Crippen LogP contribution is 2.15. The summed E-state index contributed by atoms with van der Waals surface area (Å²) in [4.78, 5) is 0. The number of nitriles is 1. The fraction of sp³-hybridized carbons (Fsp3) is 0. The third kappa shape index (κ3) is 3.19. The van der Waals surface area contributed by atoms with Crippen LogP contribution in [0.1, 0.15) is 16.7 Å². The molecule has 0 aliphatic carbocycles. The van der Waals surface area contributed by atoms with Gasteiger partial charge in [0.05, 0.1) is 11.1 Å². The topological polar surface area (TPSA) is 23.8 Å². The van der Waals surface area contributed by atoms with Crippen LogP contribution >= 0.6 is 15.9 Å². The van der Waals surface area contributed by atoms with E-state index in [1.54, 1.807) is 12.1 Å². The molecule has 2 aromatic carbocycles. The molecule has 0 saturated carbocycles. The van der Waals surface area contributed by atoms with E-state index in [1.165, 1.54) is 24.3 Å². The Balaban J connectivity index is 2.34. The molecule has 2 aromatic rings. The minimum absolute atomic E-state index is 0.0413. The molecule has 0 amide bonds. The van der Waals surface area contributed by atoms with E-state index in [9.17, 15) is 8.78 Å². The molecule has 0 spiro atoms. The second kappa shape index (κ2) is 5.65. The van der Waals surface area contributed by atoms with Gasteiger partial charge in [-0.2, -0.15) is 5.26 Å². The third-order valence-electron chi connectivity index (χ3n) is 2.36. The maximum atomic E-state index is 13.5. The van der Waals surface area contributed by atoms with Crippen molar-refractivity contribution in [3.63, 3.8) is 0 Å². The van der Waals surface area contributed by atoms with Crippen molar-refractivity contribution in [1.29, 1.82) is 5.26 Å². The summed E-state index contributed by atoms with van der Waals surface area (Å²) < 4.78 is 27.5. The molecule has 0 aromatic heterocycles. The second-order valence-electron chi connectivity index (χ2n) is 3.68. The molecule has 0 unspecified atom stereocenters. The van der Waals surface area contributed by atoms with Gasteiger partial charge < -0.3 is 0 Å². The molecule has 19 heavy (non-hydrogen) atoms. The quantitative estimate of drug-likeness (QED) is 0.674. The molecule has 0 radical (unpaired) electrons. The van der Waals surface area contributed by atoms with E-state index in [-0.39, 0.29) is 11.1 Å². The summed E-state index contributed by atoms with van der Waals surface area (Å²) >= 11 is 3.15. The number of nitrogens with zero attached hydrogens (tertiary/aromatic N) is 1. The first-order valence-electron chi connectivity index (χ1n) is 5.27. The number of halogens is 3. The number of rotatable bonds is 0. The highest BCUT2D eigenvalue weighted by molar-refractivity contribution is 9.10. The number of hydrogen-bond acceptors (Lipinski definition) is 1. The molecular formula is C15H6BrF2N. The summed E-state index contributed by atoms with van der Waals surface area (Å²) in [6.07, 6.45) is 0. The van der Waals surface area contributed by atoms with Gasteiger partial charge in [0.2, 0.25) is 0 Å². The Kier molecular flexibility index (Phi) is 3.94. The van der Waals surface area contributed by atoms with Gasteiger partial charge in [0, 0.05) is 10.0 Å². The monoisotopic (exact) mass is 317 g/mol. The van der Waals surface area contributed by atoms with Crippen LogP contribution in [-0.2, 0) is 0 Å². The average molecular weight is 318 g/mol. The Hall–Kier alpha value is -2.17. The summed E-state index contributed by atoms with van der Waals surface area (Å²) in [5, 5.41) is 8.60. The van der Waals surface area contributed by atoms with Crippen molar-refractivity contribution in [1.82, 2.24) is 0 Å². The lowest BCUT2D eigenvalue weighted by molar-refractivity contribution is 0.623. The lowest BCUT2D eigenvalue weighted by Crippen LogP contribution is -1.86. The smallest absolute Gasteiger partial charge is 0.142 e. The van der Waals surface area contributed by atoms with Crippen LogP contribution in [0.2, 0.25) is 0 Å². The zero-order valence-corrected chi connectivity index (χ0v) is 11.1. The fourth-order valence-corrected chi connectivity index (χ4v) is 1.75. The average Bonchev–Trinajstić information content (AvgIpc) is 2.38. The van der Waals surface area contributed by atoms with Crippen LogP contribution in [0, 0.1) is 34.8 Å². The van der Waals surface area contributed by atoms with E-state index in [2.05, 4.69) is 27.8 Å². The molecule has 0 bridgehead atoms. The summed E-state index contributed by atoms with van der Waals surface area (Å²) in [6, 6.07) is 10.3. The van der Waals surface area contributed by atoms with Crippen molar-refractivity contribution < 1.29 is 8.78 Å². The maximum Gasteiger partial charge on any atom is 0.142 e. The minimum Gasteiger partial charge on any atom is -0.206 e. The molecule has 0 N–H and O–H groups in total. The third-order valence-corrected chi connectivity index (χ3v) is 2.86. The van der Waals surface area contributed by atoms with Crippen LogP contribution in [0.3, 0.4) is 0 Å². The van der Waals surface area contributed by atoms with Gasteiger partial charge in [0.25, 0.3) is 0 Å². The van der Waals surface area contributed by atoms with Crippen molar-refractivity contribution in [2.45, 2.75) is 0 Å². The standard InChI is InChI=1S/C15H6BrF2N/c16-13-6-5-11(15(18)8-13)3-1-10-2-4-12(9-19)14(17)7-10/h2,4-8H. The SMILES string of the molecule is N#Cc1ccc(C#Cc2ccc(Br)cc2F)cc1F. The van der Waals surface area contributed by atoms with Gasteiger partial charge in [-0.1, -0.05) is 27.8 Å². The van der Waals surface area contributed by atoms with Crippen molar-refractivity contribution in [3.05, 3.63) is 69.2 Å². The van der Waals surface area contributed by atoms with Crippen molar-refractivity contribution >= 4 is 15.9 Å². The first-order valence-corrected chi connectivity index (χ1v) is 6.06. The summed E-state index contributed by atoms with van der Waals surface area (Å²) in [6.45, 7) is 0. The lowest BCUT2D eigenvalue weighted by atomic mass is 10.1. The Morgan fingerprint density at radius 3 is 2.21 bits per heavy atom. The Morgan fingerprint density at radius 2 is 1.58 bits per heavy atom. The fourth-order valence-electron chi connectivity index (χ4n) is 1.41. The lowest BCUT2D eigenvalue weighted by Gasteiger charge is -1.96. The van der Waals surface area contributed by atoms with Crippen molar-refractivity contribution in [3.8, 4) is 17.9 Å². The molecule has 4 heteroatoms. The predicted octanol–water partition coefficient (Wildman–Crippen LogP) is 4.00. The predicted molar refractivity (Wildman–Crippen MR) is 71.2 cm³/mol. The van der Waals surface area contributed by atoms with Gasteiger partial charge in [-0.25, -0.2) is 8.78 Å². The normalized spacial score (nSPS) is 9.37. The molecule has 0 aliphatic heterocycles. The van der Waals surface area contributed by atoms with E-state index in [0.29, 0.717) is 10.0 Å². The molecular weight excluding hydrogens is 312 g/mol. The van der Waals surface area contributed by atoms with Crippen LogP contribution in [0.4, 0.5) is 8.78 Å². The highest BCUT2D eigenvalue weighted by Gasteiger charge is 2.02. The van der Waals surface area contributed by atoms with Gasteiger partial charge >= 0.3 is 0 Å². The molecule has 0 atom stereocenters. The van der Waals surface area contributed by atoms with Crippen molar-refractivity contribution in [2.75, 3.05) is 0 Å². The van der Waals surface area contributed by atoms with Gasteiger partial charge in [-0.3, -0.25) is 0 Å². The van der Waals surface area contributed by atoms with Crippen LogP contribution in [0.5, 0.6) is 0 Å². The molecule has 2 rings (SSSR count). The number of hydrogen-bond donors (Lipinski definition) is 0. The summed E-state index contributed by atoms with van der Waals surface area (Å²) in [5.74, 6) is 4.20. The van der Waals surface area contributed by atoms with Crippen LogP contribution < -0.4 is 0 Å². The van der Waals surface area contributed by atoms with Gasteiger partial charge in [0.15, 0.2) is 0 Å². The minimum atomic E-state index is -0.634. The van der Waals surface area contributed by atoms with E-state index in [0.717, 1.165) is 6.07 Å². The highest BCUT2D eigenvalue weighted by atomic mass is 79.9. The molecule has 0 saturated heterocycles. The first-order chi connectivity index (χ1) is 9.10. The summed E-state index contributed by atoms with van der Waals surface area (Å²) in [7, 11) is 0. The van der Waals surface area contributed by atoms with Crippen LogP contribution in [0.15, 0.2) is 40.9 Å². The zero-order chi connectivity index (χ0) is 13.8. The largest absolute Gasteiger partial charge is 0.206 e. The summed E-state index contributed by atoms with van der Waals surface area (Å²) in [5.41, 5.74) is 0.576. The van der Waals surface area contributed by atoms with E-state index in [4.69, 9.17) is 5.26 Å². The zero-order valence-electron chi connectivity index (χ0n) is 9.55. The Bertz CT molecular complexity index is 736. The Morgan fingerprint density at radius 1 is 0.895 bits per heavy atom. The molecule has 0 aliphatic rings. The van der Waals surface area contributed by atoms with E-state index < -0.39 is 11.6 Å².